The molecule has 5 nitrogen and oxygen atoms in total. The van der Waals surface area contributed by atoms with Gasteiger partial charge < -0.3 is 9.73 Å². The van der Waals surface area contributed by atoms with E-state index in [-0.39, 0.29) is 0 Å². The summed E-state index contributed by atoms with van der Waals surface area (Å²) in [6.07, 6.45) is 5.70. The van der Waals surface area contributed by atoms with E-state index in [1.165, 1.54) is 17.7 Å². The molecule has 0 spiro atoms. The largest absolute Gasteiger partial charge is 0.443 e. The second-order valence-electron chi connectivity index (χ2n) is 5.26. The molecule has 5 heteroatoms. The third-order valence-corrected chi connectivity index (χ3v) is 4.06. The number of H-pyrrole nitrogens is 1. The number of aromatic nitrogens is 3. The highest BCUT2D eigenvalue weighted by molar-refractivity contribution is 5.80. The van der Waals surface area contributed by atoms with Crippen LogP contribution in [0.15, 0.2) is 35.2 Å². The highest BCUT2D eigenvalue weighted by atomic mass is 16.3. The minimum atomic E-state index is 0.555. The number of nitrogens with zero attached hydrogens (tertiary/aromatic N) is 2. The summed E-state index contributed by atoms with van der Waals surface area (Å²) in [4.78, 5) is 4.16. The predicted octanol–water partition coefficient (Wildman–Crippen LogP) is 2.68. The van der Waals surface area contributed by atoms with E-state index in [2.05, 4.69) is 26.6 Å². The van der Waals surface area contributed by atoms with Crippen LogP contribution in [0.1, 0.15) is 24.5 Å². The quantitative estimate of drug-likeness (QED) is 0.750. The molecule has 4 rings (SSSR count). The minimum Gasteiger partial charge on any atom is -0.443 e. The van der Waals surface area contributed by atoms with Crippen LogP contribution in [0.3, 0.4) is 0 Å². The van der Waals surface area contributed by atoms with Gasteiger partial charge >= 0.3 is 0 Å². The monoisotopic (exact) mass is 268 g/mol. The normalized spacial score (nSPS) is 16.8. The summed E-state index contributed by atoms with van der Waals surface area (Å²) in [6.45, 7) is 2.15. The van der Waals surface area contributed by atoms with Crippen LogP contribution in [-0.2, 0) is 0 Å². The Morgan fingerprint density at radius 2 is 2.10 bits per heavy atom. The molecule has 1 aliphatic rings. The Morgan fingerprint density at radius 1 is 1.20 bits per heavy atom. The Hall–Kier alpha value is -2.14. The first-order valence-corrected chi connectivity index (χ1v) is 6.99. The van der Waals surface area contributed by atoms with Gasteiger partial charge in [0.1, 0.15) is 5.52 Å². The number of oxazole rings is 1. The number of fused-ring (bicyclic) bond motifs is 1. The van der Waals surface area contributed by atoms with E-state index in [1.807, 2.05) is 18.3 Å². The summed E-state index contributed by atoms with van der Waals surface area (Å²) in [5.41, 5.74) is 5.26. The second-order valence-corrected chi connectivity index (χ2v) is 5.26. The van der Waals surface area contributed by atoms with Crippen LogP contribution in [0.4, 0.5) is 0 Å². The van der Waals surface area contributed by atoms with Gasteiger partial charge in [0.25, 0.3) is 0 Å². The predicted molar refractivity (Wildman–Crippen MR) is 76.4 cm³/mol. The molecule has 1 fully saturated rings. The van der Waals surface area contributed by atoms with Gasteiger partial charge in [-0.3, -0.25) is 5.10 Å². The molecule has 0 aliphatic carbocycles. The molecule has 0 radical (unpaired) electrons. The number of aromatic amines is 1. The Labute approximate surface area is 116 Å². The van der Waals surface area contributed by atoms with Crippen molar-refractivity contribution in [3.8, 4) is 11.1 Å². The highest BCUT2D eigenvalue weighted by Gasteiger charge is 2.20. The topological polar surface area (TPSA) is 66.7 Å². The SMILES string of the molecule is c1nc2ccc(-c3cn[nH]c3C3CCNCC3)cc2o1. The number of piperidine rings is 1. The van der Waals surface area contributed by atoms with E-state index in [9.17, 15) is 0 Å². The summed E-state index contributed by atoms with van der Waals surface area (Å²) in [6, 6.07) is 6.12. The molecule has 102 valence electrons. The van der Waals surface area contributed by atoms with Gasteiger partial charge in [-0.15, -0.1) is 0 Å². The van der Waals surface area contributed by atoms with Crippen LogP contribution in [-0.4, -0.2) is 28.3 Å². The molecule has 3 heterocycles. The first-order valence-electron chi connectivity index (χ1n) is 6.99. The Balaban J connectivity index is 1.75. The molecule has 3 aromatic rings. The zero-order chi connectivity index (χ0) is 13.4. The van der Waals surface area contributed by atoms with Crippen LogP contribution >= 0.6 is 0 Å². The van der Waals surface area contributed by atoms with Gasteiger partial charge in [-0.05, 0) is 43.6 Å². The standard InChI is InChI=1S/C15H16N4O/c1-2-13-14(20-9-17-13)7-11(1)12-8-18-19-15(12)10-3-5-16-6-4-10/h1-2,7-10,16H,3-6H2,(H,18,19). The minimum absolute atomic E-state index is 0.555. The van der Waals surface area contributed by atoms with Crippen molar-refractivity contribution in [2.75, 3.05) is 13.1 Å². The van der Waals surface area contributed by atoms with Crippen LogP contribution in [0, 0.1) is 0 Å². The van der Waals surface area contributed by atoms with Crippen LogP contribution in [0.5, 0.6) is 0 Å². The third kappa shape index (κ3) is 1.91. The zero-order valence-electron chi connectivity index (χ0n) is 11.1. The van der Waals surface area contributed by atoms with Crippen molar-refractivity contribution in [2.45, 2.75) is 18.8 Å². The van der Waals surface area contributed by atoms with Gasteiger partial charge in [0.2, 0.25) is 0 Å². The number of hydrogen-bond acceptors (Lipinski definition) is 4. The summed E-state index contributed by atoms with van der Waals surface area (Å²) in [7, 11) is 0. The van der Waals surface area contributed by atoms with Crippen molar-refractivity contribution in [3.63, 3.8) is 0 Å². The third-order valence-electron chi connectivity index (χ3n) is 4.06. The molecule has 20 heavy (non-hydrogen) atoms. The molecule has 0 saturated carbocycles. The summed E-state index contributed by atoms with van der Waals surface area (Å²) in [5.74, 6) is 0.555. The average Bonchev–Trinajstić information content (AvgIpc) is 3.16. The molecule has 2 N–H and O–H groups in total. The van der Waals surface area contributed by atoms with Gasteiger partial charge in [0.05, 0.1) is 6.20 Å². The number of nitrogens with one attached hydrogen (secondary N) is 2. The molecule has 0 amide bonds. The van der Waals surface area contributed by atoms with Gasteiger partial charge in [-0.2, -0.15) is 5.10 Å². The van der Waals surface area contributed by atoms with Gasteiger partial charge in [-0.1, -0.05) is 6.07 Å². The lowest BCUT2D eigenvalue weighted by Crippen LogP contribution is -2.27. The molecule has 1 aromatic carbocycles. The van der Waals surface area contributed by atoms with Crippen LogP contribution in [0.2, 0.25) is 0 Å². The van der Waals surface area contributed by atoms with Crippen LogP contribution < -0.4 is 5.32 Å². The summed E-state index contributed by atoms with van der Waals surface area (Å²) < 4.78 is 5.39. The molecular weight excluding hydrogens is 252 g/mol. The van der Waals surface area contributed by atoms with Crippen molar-refractivity contribution in [1.29, 1.82) is 0 Å². The Kier molecular flexibility index (Phi) is 2.77. The van der Waals surface area contributed by atoms with E-state index in [1.54, 1.807) is 0 Å². The number of benzene rings is 1. The molecular formula is C15H16N4O. The Morgan fingerprint density at radius 3 is 3.00 bits per heavy atom. The van der Waals surface area contributed by atoms with Crippen molar-refractivity contribution >= 4 is 11.1 Å². The highest BCUT2D eigenvalue weighted by Crippen LogP contribution is 2.33. The smallest absolute Gasteiger partial charge is 0.181 e. The fourth-order valence-corrected chi connectivity index (χ4v) is 2.97. The van der Waals surface area contributed by atoms with E-state index >= 15 is 0 Å². The maximum Gasteiger partial charge on any atom is 0.181 e. The fourth-order valence-electron chi connectivity index (χ4n) is 2.97. The van der Waals surface area contributed by atoms with E-state index in [4.69, 9.17) is 4.42 Å². The van der Waals surface area contributed by atoms with Gasteiger partial charge in [0.15, 0.2) is 12.0 Å². The zero-order valence-corrected chi connectivity index (χ0v) is 11.1. The van der Waals surface area contributed by atoms with Crippen molar-refractivity contribution < 1.29 is 4.42 Å². The first-order chi connectivity index (χ1) is 9.92. The first kappa shape index (κ1) is 11.7. The summed E-state index contributed by atoms with van der Waals surface area (Å²) in [5, 5.41) is 10.8. The van der Waals surface area contributed by atoms with Crippen molar-refractivity contribution in [3.05, 3.63) is 36.5 Å². The summed E-state index contributed by atoms with van der Waals surface area (Å²) >= 11 is 0. The maximum atomic E-state index is 5.39. The molecule has 0 bridgehead atoms. The molecule has 0 unspecified atom stereocenters. The molecule has 2 aromatic heterocycles. The van der Waals surface area contributed by atoms with Crippen LogP contribution in [0.25, 0.3) is 22.2 Å². The van der Waals surface area contributed by atoms with Gasteiger partial charge in [0, 0.05) is 17.2 Å². The van der Waals surface area contributed by atoms with Crippen molar-refractivity contribution in [1.82, 2.24) is 20.5 Å². The fraction of sp³-hybridized carbons (Fsp3) is 0.333. The number of rotatable bonds is 2. The second kappa shape index (κ2) is 4.76. The molecule has 0 atom stereocenters. The average molecular weight is 268 g/mol. The van der Waals surface area contributed by atoms with E-state index < -0.39 is 0 Å². The van der Waals surface area contributed by atoms with E-state index in [0.717, 1.165) is 42.6 Å². The Bertz CT molecular complexity index is 724. The van der Waals surface area contributed by atoms with Gasteiger partial charge in [-0.25, -0.2) is 4.98 Å². The maximum absolute atomic E-state index is 5.39. The van der Waals surface area contributed by atoms with E-state index in [0.29, 0.717) is 5.92 Å². The molecule has 1 saturated heterocycles. The lowest BCUT2D eigenvalue weighted by atomic mass is 9.90. The molecule has 1 aliphatic heterocycles. The lowest BCUT2D eigenvalue weighted by molar-refractivity contribution is 0.453. The van der Waals surface area contributed by atoms with Crippen molar-refractivity contribution in [2.24, 2.45) is 0 Å². The lowest BCUT2D eigenvalue weighted by Gasteiger charge is -2.22. The number of hydrogen-bond donors (Lipinski definition) is 2.